The van der Waals surface area contributed by atoms with Crippen molar-refractivity contribution in [3.8, 4) is 0 Å². The Hall–Kier alpha value is -1.07. The third-order valence-electron chi connectivity index (χ3n) is 3.33. The van der Waals surface area contributed by atoms with E-state index >= 15 is 0 Å². The molecule has 0 aromatic carbocycles. The monoisotopic (exact) mass is 293 g/mol. The van der Waals surface area contributed by atoms with E-state index in [0.29, 0.717) is 13.2 Å². The summed E-state index contributed by atoms with van der Waals surface area (Å²) >= 11 is 1.90. The van der Waals surface area contributed by atoms with Gasteiger partial charge in [-0.05, 0) is 44.3 Å². The van der Waals surface area contributed by atoms with Gasteiger partial charge in [0.15, 0.2) is 0 Å². The van der Waals surface area contributed by atoms with Gasteiger partial charge in [-0.25, -0.2) is 4.98 Å². The number of aryl methyl sites for hydroxylation is 2. The fourth-order valence-corrected chi connectivity index (χ4v) is 2.86. The summed E-state index contributed by atoms with van der Waals surface area (Å²) in [4.78, 5) is 8.92. The van der Waals surface area contributed by atoms with Crippen molar-refractivity contribution in [3.05, 3.63) is 23.8 Å². The van der Waals surface area contributed by atoms with Crippen molar-refractivity contribution in [2.75, 3.05) is 18.6 Å². The van der Waals surface area contributed by atoms with Crippen LogP contribution in [0.5, 0.6) is 0 Å². The predicted molar refractivity (Wildman–Crippen MR) is 85.2 cm³/mol. The van der Waals surface area contributed by atoms with Crippen LogP contribution in [-0.4, -0.2) is 33.2 Å². The van der Waals surface area contributed by atoms with Gasteiger partial charge in [0, 0.05) is 19.3 Å². The van der Waals surface area contributed by atoms with E-state index in [9.17, 15) is 0 Å². The Bertz CT molecular complexity index is 553. The Kier molecular flexibility index (Phi) is 5.86. The Morgan fingerprint density at radius 1 is 1.30 bits per heavy atom. The van der Waals surface area contributed by atoms with E-state index in [1.165, 1.54) is 29.7 Å². The maximum Gasteiger partial charge on any atom is 0.136 e. The third kappa shape index (κ3) is 3.52. The van der Waals surface area contributed by atoms with Crippen molar-refractivity contribution < 1.29 is 4.74 Å². The number of thioether (sulfide) groups is 1. The highest BCUT2D eigenvalue weighted by Gasteiger charge is 2.12. The van der Waals surface area contributed by atoms with Gasteiger partial charge in [0.1, 0.15) is 17.9 Å². The molecule has 5 heteroatoms. The predicted octanol–water partition coefficient (Wildman–Crippen LogP) is 3.42. The van der Waals surface area contributed by atoms with Crippen molar-refractivity contribution in [2.24, 2.45) is 0 Å². The third-order valence-corrected chi connectivity index (χ3v) is 4.02. The van der Waals surface area contributed by atoms with E-state index in [-0.39, 0.29) is 0 Å². The van der Waals surface area contributed by atoms with Crippen LogP contribution in [0.25, 0.3) is 11.0 Å². The smallest absolute Gasteiger partial charge is 0.136 e. The molecule has 0 spiro atoms. The second-order valence-electron chi connectivity index (χ2n) is 4.84. The number of ether oxygens (including phenoxy) is 1. The first kappa shape index (κ1) is 15.3. The molecular formula is C15H23N3OS. The molecule has 2 heterocycles. The molecular weight excluding hydrogens is 270 g/mol. The number of rotatable bonds is 8. The molecule has 0 aliphatic heterocycles. The molecule has 0 atom stereocenters. The lowest BCUT2D eigenvalue weighted by Crippen LogP contribution is -2.07. The molecule has 4 nitrogen and oxygen atoms in total. The molecule has 0 aliphatic carbocycles. The summed E-state index contributed by atoms with van der Waals surface area (Å²) in [6.45, 7) is 6.41. The second-order valence-corrected chi connectivity index (χ2v) is 5.83. The average molecular weight is 293 g/mol. The minimum atomic E-state index is 0.577. The van der Waals surface area contributed by atoms with Gasteiger partial charge in [-0.1, -0.05) is 0 Å². The van der Waals surface area contributed by atoms with Crippen LogP contribution in [0.15, 0.2) is 12.4 Å². The summed E-state index contributed by atoms with van der Waals surface area (Å²) in [5, 5.41) is 0. The first-order valence-corrected chi connectivity index (χ1v) is 8.53. The molecule has 0 bridgehead atoms. The highest BCUT2D eigenvalue weighted by molar-refractivity contribution is 7.98. The van der Waals surface area contributed by atoms with Gasteiger partial charge < -0.3 is 9.30 Å². The number of unbranched alkanes of at least 4 members (excludes halogenated alkanes) is 1. The maximum absolute atomic E-state index is 5.55. The van der Waals surface area contributed by atoms with Gasteiger partial charge in [-0.3, -0.25) is 4.98 Å². The summed E-state index contributed by atoms with van der Waals surface area (Å²) in [5.74, 6) is 2.23. The molecule has 2 rings (SSSR count). The highest BCUT2D eigenvalue weighted by atomic mass is 32.2. The number of nitrogens with zero attached hydrogens (tertiary/aromatic N) is 3. The second kappa shape index (κ2) is 7.64. The zero-order valence-electron chi connectivity index (χ0n) is 12.6. The molecule has 0 aliphatic rings. The van der Waals surface area contributed by atoms with Crippen LogP contribution in [0.4, 0.5) is 0 Å². The standard InChI is InChI=1S/C15H23N3OS/c1-4-19-11-14-17-13-10-16-9-12(2)15(13)18(14)7-5-6-8-20-3/h9-10H,4-8,11H2,1-3H3. The fraction of sp³-hybridized carbons (Fsp3) is 0.600. The number of hydrogen-bond acceptors (Lipinski definition) is 4. The average Bonchev–Trinajstić information content (AvgIpc) is 2.80. The van der Waals surface area contributed by atoms with Gasteiger partial charge in [0.05, 0.1) is 11.7 Å². The summed E-state index contributed by atoms with van der Waals surface area (Å²) < 4.78 is 7.86. The van der Waals surface area contributed by atoms with Crippen molar-refractivity contribution >= 4 is 22.8 Å². The van der Waals surface area contributed by atoms with Crippen LogP contribution < -0.4 is 0 Å². The van der Waals surface area contributed by atoms with E-state index in [4.69, 9.17) is 4.74 Å². The summed E-state index contributed by atoms with van der Waals surface area (Å²) in [5.41, 5.74) is 3.37. The Labute approximate surface area is 124 Å². The van der Waals surface area contributed by atoms with E-state index in [0.717, 1.165) is 17.9 Å². The van der Waals surface area contributed by atoms with Gasteiger partial charge in [-0.15, -0.1) is 0 Å². The Balaban J connectivity index is 2.26. The number of aromatic nitrogens is 3. The Morgan fingerprint density at radius 2 is 2.15 bits per heavy atom. The highest BCUT2D eigenvalue weighted by Crippen LogP contribution is 2.20. The lowest BCUT2D eigenvalue weighted by molar-refractivity contribution is 0.126. The van der Waals surface area contributed by atoms with Crippen molar-refractivity contribution in [2.45, 2.75) is 39.8 Å². The lowest BCUT2D eigenvalue weighted by Gasteiger charge is -2.10. The molecule has 0 N–H and O–H groups in total. The quantitative estimate of drug-likeness (QED) is 0.699. The largest absolute Gasteiger partial charge is 0.374 e. The summed E-state index contributed by atoms with van der Waals surface area (Å²) in [6.07, 6.45) is 8.32. The summed E-state index contributed by atoms with van der Waals surface area (Å²) in [6, 6.07) is 0. The van der Waals surface area contributed by atoms with E-state index < -0.39 is 0 Å². The van der Waals surface area contributed by atoms with Crippen molar-refractivity contribution in [3.63, 3.8) is 0 Å². The van der Waals surface area contributed by atoms with Gasteiger partial charge in [0.2, 0.25) is 0 Å². The van der Waals surface area contributed by atoms with Crippen LogP contribution in [0.1, 0.15) is 31.2 Å². The first-order chi connectivity index (χ1) is 9.77. The molecule has 0 saturated carbocycles. The van der Waals surface area contributed by atoms with Crippen LogP contribution in [0.2, 0.25) is 0 Å². The van der Waals surface area contributed by atoms with Crippen LogP contribution in [-0.2, 0) is 17.9 Å². The van der Waals surface area contributed by atoms with Gasteiger partial charge in [-0.2, -0.15) is 11.8 Å². The number of imidazole rings is 1. The van der Waals surface area contributed by atoms with E-state index in [1.54, 1.807) is 0 Å². The summed E-state index contributed by atoms with van der Waals surface area (Å²) in [7, 11) is 0. The van der Waals surface area contributed by atoms with Crippen LogP contribution in [0, 0.1) is 6.92 Å². The molecule has 0 saturated heterocycles. The molecule has 110 valence electrons. The fourth-order valence-electron chi connectivity index (χ4n) is 2.37. The molecule has 2 aromatic heterocycles. The number of fused-ring (bicyclic) bond motifs is 1. The molecule has 0 unspecified atom stereocenters. The zero-order chi connectivity index (χ0) is 14.4. The maximum atomic E-state index is 5.55. The Morgan fingerprint density at radius 3 is 2.90 bits per heavy atom. The molecule has 20 heavy (non-hydrogen) atoms. The number of pyridine rings is 1. The van der Waals surface area contributed by atoms with Crippen LogP contribution >= 0.6 is 11.8 Å². The van der Waals surface area contributed by atoms with E-state index in [1.807, 2.05) is 31.1 Å². The SMILES string of the molecule is CCOCc1nc2cncc(C)c2n1CCCCSC. The molecule has 0 fully saturated rings. The molecule has 0 radical (unpaired) electrons. The van der Waals surface area contributed by atoms with Crippen molar-refractivity contribution in [1.29, 1.82) is 0 Å². The minimum absolute atomic E-state index is 0.577. The minimum Gasteiger partial charge on any atom is -0.374 e. The molecule has 0 amide bonds. The zero-order valence-corrected chi connectivity index (χ0v) is 13.4. The lowest BCUT2D eigenvalue weighted by atomic mass is 10.2. The van der Waals surface area contributed by atoms with Crippen LogP contribution in [0.3, 0.4) is 0 Å². The van der Waals surface area contributed by atoms with Crippen molar-refractivity contribution in [1.82, 2.24) is 14.5 Å². The normalized spacial score (nSPS) is 11.3. The van der Waals surface area contributed by atoms with Gasteiger partial charge >= 0.3 is 0 Å². The van der Waals surface area contributed by atoms with E-state index in [2.05, 4.69) is 27.7 Å². The molecule has 2 aromatic rings. The topological polar surface area (TPSA) is 39.9 Å². The number of hydrogen-bond donors (Lipinski definition) is 0. The first-order valence-electron chi connectivity index (χ1n) is 7.14. The van der Waals surface area contributed by atoms with Gasteiger partial charge in [0.25, 0.3) is 0 Å².